The molecule has 3 fully saturated rings. The van der Waals surface area contributed by atoms with Gasteiger partial charge < -0.3 is 5.32 Å². The van der Waals surface area contributed by atoms with Gasteiger partial charge in [0.05, 0.1) is 6.04 Å². The van der Waals surface area contributed by atoms with E-state index in [0.717, 1.165) is 51.3 Å². The number of hydrogen-bond acceptors (Lipinski definition) is 3. The van der Waals surface area contributed by atoms with Gasteiger partial charge in [0.2, 0.25) is 0 Å². The van der Waals surface area contributed by atoms with Crippen molar-refractivity contribution in [2.24, 2.45) is 0 Å². The van der Waals surface area contributed by atoms with E-state index in [2.05, 4.69) is 22.0 Å². The Morgan fingerprint density at radius 2 is 2.00 bits per heavy atom. The molecule has 4 heteroatoms. The average Bonchev–Trinajstić information content (AvgIpc) is 2.50. The van der Waals surface area contributed by atoms with E-state index in [4.69, 9.17) is 0 Å². The smallest absolute Gasteiger partial charge is 0.128 e. The monoisotopic (exact) mass is 277 g/mol. The van der Waals surface area contributed by atoms with Crippen molar-refractivity contribution in [2.75, 3.05) is 39.3 Å². The van der Waals surface area contributed by atoms with Crippen LogP contribution >= 0.6 is 0 Å². The van der Waals surface area contributed by atoms with Gasteiger partial charge in [-0.1, -0.05) is 25.1 Å². The number of nitrogens with one attached hydrogen (secondary N) is 1. The van der Waals surface area contributed by atoms with Crippen molar-refractivity contribution in [3.05, 3.63) is 35.6 Å². The summed E-state index contributed by atoms with van der Waals surface area (Å²) in [7, 11) is 0. The zero-order chi connectivity index (χ0) is 13.9. The van der Waals surface area contributed by atoms with Crippen molar-refractivity contribution in [3.63, 3.8) is 0 Å². The van der Waals surface area contributed by atoms with Crippen molar-refractivity contribution in [1.82, 2.24) is 15.1 Å². The Balaban J connectivity index is 1.84. The van der Waals surface area contributed by atoms with Crippen LogP contribution in [0.3, 0.4) is 0 Å². The van der Waals surface area contributed by atoms with E-state index < -0.39 is 0 Å². The topological polar surface area (TPSA) is 18.5 Å². The number of hydrogen-bond donors (Lipinski definition) is 1. The Bertz CT molecular complexity index is 443. The van der Waals surface area contributed by atoms with Gasteiger partial charge in [-0.05, 0) is 19.0 Å². The second kappa shape index (κ2) is 6.20. The molecule has 0 saturated carbocycles. The van der Waals surface area contributed by atoms with Crippen LogP contribution < -0.4 is 5.32 Å². The molecule has 3 nitrogen and oxygen atoms in total. The van der Waals surface area contributed by atoms with E-state index in [1.54, 1.807) is 12.1 Å². The van der Waals surface area contributed by atoms with E-state index >= 15 is 0 Å². The molecule has 2 bridgehead atoms. The molecule has 1 N–H and O–H groups in total. The maximum absolute atomic E-state index is 14.2. The van der Waals surface area contributed by atoms with Crippen LogP contribution in [0.4, 0.5) is 4.39 Å². The Hall–Kier alpha value is -0.970. The van der Waals surface area contributed by atoms with Gasteiger partial charge >= 0.3 is 0 Å². The molecule has 1 aromatic rings. The lowest BCUT2D eigenvalue weighted by Gasteiger charge is -2.50. The fourth-order valence-corrected chi connectivity index (χ4v) is 3.45. The van der Waals surface area contributed by atoms with Crippen molar-refractivity contribution >= 4 is 0 Å². The normalized spacial score (nSPS) is 30.4. The second-order valence-corrected chi connectivity index (χ2v) is 5.86. The summed E-state index contributed by atoms with van der Waals surface area (Å²) in [6.45, 7) is 8.69. The zero-order valence-corrected chi connectivity index (χ0v) is 12.2. The molecule has 2 unspecified atom stereocenters. The van der Waals surface area contributed by atoms with Gasteiger partial charge in [-0.2, -0.15) is 0 Å². The van der Waals surface area contributed by atoms with Crippen LogP contribution in [0.1, 0.15) is 24.9 Å². The average molecular weight is 277 g/mol. The fraction of sp³-hybridized carbons (Fsp3) is 0.625. The van der Waals surface area contributed by atoms with Gasteiger partial charge in [0, 0.05) is 44.3 Å². The van der Waals surface area contributed by atoms with E-state index in [-0.39, 0.29) is 11.9 Å². The van der Waals surface area contributed by atoms with E-state index in [9.17, 15) is 4.39 Å². The number of fused-ring (bicyclic) bond motifs is 3. The molecule has 20 heavy (non-hydrogen) atoms. The number of halogens is 1. The first-order valence-corrected chi connectivity index (χ1v) is 7.74. The summed E-state index contributed by atoms with van der Waals surface area (Å²) in [5.74, 6) is -0.0845. The summed E-state index contributed by atoms with van der Waals surface area (Å²) in [5, 5.41) is 3.57. The number of piperazine rings is 3. The maximum atomic E-state index is 14.2. The summed E-state index contributed by atoms with van der Waals surface area (Å²) in [6, 6.07) is 7.70. The van der Waals surface area contributed by atoms with E-state index in [1.165, 1.54) is 0 Å². The molecule has 4 rings (SSSR count). The molecule has 0 amide bonds. The molecule has 3 saturated heterocycles. The summed E-state index contributed by atoms with van der Waals surface area (Å²) in [5.41, 5.74) is 0.819. The Labute approximate surface area is 120 Å². The molecule has 1 aromatic carbocycles. The molecule has 0 aliphatic carbocycles. The molecule has 0 radical (unpaired) electrons. The number of rotatable bonds is 5. The third-order valence-corrected chi connectivity index (χ3v) is 4.56. The van der Waals surface area contributed by atoms with Gasteiger partial charge in [0.15, 0.2) is 0 Å². The minimum Gasteiger partial charge on any atom is -0.309 e. The minimum absolute atomic E-state index is 0.0845. The first-order valence-electron chi connectivity index (χ1n) is 7.74. The Morgan fingerprint density at radius 3 is 2.60 bits per heavy atom. The van der Waals surface area contributed by atoms with E-state index in [1.807, 2.05) is 12.1 Å². The predicted molar refractivity (Wildman–Crippen MR) is 79.2 cm³/mol. The predicted octanol–water partition coefficient (Wildman–Crippen LogP) is 1.87. The van der Waals surface area contributed by atoms with Crippen molar-refractivity contribution in [1.29, 1.82) is 0 Å². The van der Waals surface area contributed by atoms with Crippen LogP contribution in [0.2, 0.25) is 0 Å². The van der Waals surface area contributed by atoms with Gasteiger partial charge in [0.25, 0.3) is 0 Å². The van der Waals surface area contributed by atoms with Gasteiger partial charge in [-0.3, -0.25) is 9.80 Å². The second-order valence-electron chi connectivity index (χ2n) is 5.86. The van der Waals surface area contributed by atoms with Gasteiger partial charge in [0.1, 0.15) is 5.82 Å². The lowest BCUT2D eigenvalue weighted by atomic mass is 9.93. The molecule has 0 aromatic heterocycles. The van der Waals surface area contributed by atoms with Crippen LogP contribution in [-0.4, -0.2) is 55.1 Å². The molecule has 3 heterocycles. The van der Waals surface area contributed by atoms with Crippen LogP contribution in [0.5, 0.6) is 0 Å². The number of nitrogens with zero attached hydrogens (tertiary/aromatic N) is 2. The SMILES string of the molecule is CCCNC(c1ccccc1F)C1CN2CCN1CC2. The quantitative estimate of drug-likeness (QED) is 0.886. The lowest BCUT2D eigenvalue weighted by molar-refractivity contribution is -0.00414. The summed E-state index contributed by atoms with van der Waals surface area (Å²) < 4.78 is 14.2. The molecule has 3 aliphatic heterocycles. The third kappa shape index (κ3) is 2.73. The van der Waals surface area contributed by atoms with Crippen LogP contribution in [0, 0.1) is 5.82 Å². The van der Waals surface area contributed by atoms with Crippen LogP contribution in [0.25, 0.3) is 0 Å². The highest BCUT2D eigenvalue weighted by molar-refractivity contribution is 5.23. The first-order chi connectivity index (χ1) is 9.79. The zero-order valence-electron chi connectivity index (χ0n) is 12.2. The third-order valence-electron chi connectivity index (χ3n) is 4.56. The maximum Gasteiger partial charge on any atom is 0.128 e. The van der Waals surface area contributed by atoms with Crippen molar-refractivity contribution < 1.29 is 4.39 Å². The molecule has 3 aliphatic rings. The largest absolute Gasteiger partial charge is 0.309 e. The molecule has 2 atom stereocenters. The first kappa shape index (κ1) is 14.0. The summed E-state index contributed by atoms with van der Waals surface area (Å²) >= 11 is 0. The fourth-order valence-electron chi connectivity index (χ4n) is 3.45. The summed E-state index contributed by atoms with van der Waals surface area (Å²) in [4.78, 5) is 5.03. The van der Waals surface area contributed by atoms with Crippen molar-refractivity contribution in [3.8, 4) is 0 Å². The van der Waals surface area contributed by atoms with Crippen LogP contribution in [0.15, 0.2) is 24.3 Å². The minimum atomic E-state index is -0.0845. The molecule has 0 spiro atoms. The highest BCUT2D eigenvalue weighted by atomic mass is 19.1. The van der Waals surface area contributed by atoms with Crippen LogP contribution in [-0.2, 0) is 0 Å². The Morgan fingerprint density at radius 1 is 1.25 bits per heavy atom. The lowest BCUT2D eigenvalue weighted by Crippen LogP contribution is -2.64. The Kier molecular flexibility index (Phi) is 4.34. The summed E-state index contributed by atoms with van der Waals surface area (Å²) in [6.07, 6.45) is 1.07. The van der Waals surface area contributed by atoms with Crippen molar-refractivity contribution in [2.45, 2.75) is 25.4 Å². The van der Waals surface area contributed by atoms with Gasteiger partial charge in [-0.25, -0.2) is 4.39 Å². The molecule has 110 valence electrons. The van der Waals surface area contributed by atoms with Gasteiger partial charge in [-0.15, -0.1) is 0 Å². The highest BCUT2D eigenvalue weighted by Gasteiger charge is 2.37. The highest BCUT2D eigenvalue weighted by Crippen LogP contribution is 2.28. The molecular formula is C16H24FN3. The van der Waals surface area contributed by atoms with E-state index in [0.29, 0.717) is 6.04 Å². The standard InChI is InChI=1S/C16H24FN3/c1-2-7-18-16(13-5-3-4-6-14(13)17)15-12-19-8-10-20(15)11-9-19/h3-6,15-16,18H,2,7-12H2,1H3. The number of benzene rings is 1. The molecular weight excluding hydrogens is 253 g/mol.